The highest BCUT2D eigenvalue weighted by Gasteiger charge is 2.25. The molecule has 1 aliphatic carbocycles. The first-order valence-corrected chi connectivity index (χ1v) is 12.3. The van der Waals surface area contributed by atoms with Crippen molar-refractivity contribution < 1.29 is 4.79 Å². The molecule has 0 radical (unpaired) electrons. The van der Waals surface area contributed by atoms with E-state index in [0.29, 0.717) is 17.3 Å². The molecule has 0 bridgehead atoms. The molecule has 0 aliphatic heterocycles. The zero-order valence-electron chi connectivity index (χ0n) is 19.3. The molecule has 4 rings (SSSR count). The Morgan fingerprint density at radius 3 is 2.36 bits per heavy atom. The van der Waals surface area contributed by atoms with E-state index in [2.05, 4.69) is 71.2 Å². The van der Waals surface area contributed by atoms with E-state index in [1.54, 1.807) is 24.3 Å². The lowest BCUT2D eigenvalue weighted by atomic mass is 9.86. The van der Waals surface area contributed by atoms with Crippen LogP contribution in [0.5, 0.6) is 0 Å². The third kappa shape index (κ3) is 5.45. The number of nitriles is 1. The van der Waals surface area contributed by atoms with E-state index < -0.39 is 0 Å². The number of nitrogens with zero attached hydrogens (tertiary/aromatic N) is 4. The van der Waals surface area contributed by atoms with Gasteiger partial charge in [0.05, 0.1) is 17.4 Å². The number of carbonyl (C=O) groups excluding carboxylic acids is 1. The molecule has 33 heavy (non-hydrogen) atoms. The molecule has 0 saturated heterocycles. The fraction of sp³-hybridized carbons (Fsp3) is 0.385. The van der Waals surface area contributed by atoms with Crippen LogP contribution < -0.4 is 5.32 Å². The lowest BCUT2D eigenvalue weighted by Gasteiger charge is -2.20. The van der Waals surface area contributed by atoms with Crippen LogP contribution in [0.15, 0.2) is 53.7 Å². The Morgan fingerprint density at radius 1 is 1.09 bits per heavy atom. The molecule has 6 nitrogen and oxygen atoms in total. The normalized spacial score (nSPS) is 14.2. The zero-order valence-corrected chi connectivity index (χ0v) is 20.2. The van der Waals surface area contributed by atoms with Crippen molar-refractivity contribution in [2.75, 3.05) is 11.1 Å². The Morgan fingerprint density at radius 2 is 1.76 bits per heavy atom. The molecular weight excluding hydrogens is 430 g/mol. The highest BCUT2D eigenvalue weighted by Crippen LogP contribution is 2.37. The molecule has 1 aliphatic rings. The average Bonchev–Trinajstić information content (AvgIpc) is 3.47. The molecule has 3 aromatic rings. The van der Waals surface area contributed by atoms with Gasteiger partial charge in [-0.25, -0.2) is 0 Å². The van der Waals surface area contributed by atoms with Gasteiger partial charge in [-0.15, -0.1) is 10.2 Å². The summed E-state index contributed by atoms with van der Waals surface area (Å²) in [4.78, 5) is 12.5. The number of hydrogen-bond donors (Lipinski definition) is 1. The molecule has 0 unspecified atom stereocenters. The van der Waals surface area contributed by atoms with Gasteiger partial charge in [0.1, 0.15) is 0 Å². The molecule has 1 amide bonds. The topological polar surface area (TPSA) is 83.6 Å². The summed E-state index contributed by atoms with van der Waals surface area (Å²) >= 11 is 1.42. The van der Waals surface area contributed by atoms with Gasteiger partial charge in [-0.05, 0) is 48.1 Å². The van der Waals surface area contributed by atoms with Crippen LogP contribution in [0.2, 0.25) is 0 Å². The lowest BCUT2D eigenvalue weighted by Crippen LogP contribution is -2.15. The number of anilines is 1. The summed E-state index contributed by atoms with van der Waals surface area (Å²) in [6.45, 7) is 6.63. The Hall–Kier alpha value is -3.11. The number of nitrogens with one attached hydrogen (secondary N) is 1. The maximum Gasteiger partial charge on any atom is 0.234 e. The standard InChI is InChI=1S/C26H29N5OS/c1-26(2,3)20-12-10-19(11-13-20)24-29-30-25(31(24)22-6-4-5-7-22)33-17-23(32)28-21-14-8-18(16-27)9-15-21/h8-15,22H,4-7,17H2,1-3H3,(H,28,32). The second kappa shape index (κ2) is 9.80. The summed E-state index contributed by atoms with van der Waals surface area (Å²) in [6, 6.07) is 17.9. The number of benzene rings is 2. The fourth-order valence-electron chi connectivity index (χ4n) is 4.14. The molecule has 1 aromatic heterocycles. The fourth-order valence-corrected chi connectivity index (χ4v) is 4.94. The summed E-state index contributed by atoms with van der Waals surface area (Å²) in [7, 11) is 0. The number of carbonyl (C=O) groups is 1. The van der Waals surface area contributed by atoms with Crippen molar-refractivity contribution >= 4 is 23.4 Å². The number of hydrogen-bond acceptors (Lipinski definition) is 5. The van der Waals surface area contributed by atoms with Crippen molar-refractivity contribution in [3.05, 3.63) is 59.7 Å². The molecule has 170 valence electrons. The van der Waals surface area contributed by atoms with Gasteiger partial charge >= 0.3 is 0 Å². The third-order valence-corrected chi connectivity index (χ3v) is 6.94. The lowest BCUT2D eigenvalue weighted by molar-refractivity contribution is -0.113. The van der Waals surface area contributed by atoms with Crippen LogP contribution in [0, 0.1) is 11.3 Å². The molecule has 1 N–H and O–H groups in total. The van der Waals surface area contributed by atoms with E-state index in [0.717, 1.165) is 29.4 Å². The van der Waals surface area contributed by atoms with Crippen molar-refractivity contribution in [1.82, 2.24) is 14.8 Å². The first-order chi connectivity index (χ1) is 15.8. The van der Waals surface area contributed by atoms with Crippen LogP contribution in [0.4, 0.5) is 5.69 Å². The van der Waals surface area contributed by atoms with Crippen LogP contribution in [0.1, 0.15) is 63.6 Å². The second-order valence-electron chi connectivity index (χ2n) is 9.47. The summed E-state index contributed by atoms with van der Waals surface area (Å²) in [5.74, 6) is 1.01. The van der Waals surface area contributed by atoms with Crippen molar-refractivity contribution in [3.8, 4) is 17.5 Å². The quantitative estimate of drug-likeness (QED) is 0.460. The van der Waals surface area contributed by atoms with E-state index in [4.69, 9.17) is 5.26 Å². The van der Waals surface area contributed by atoms with Crippen LogP contribution in [-0.2, 0) is 10.2 Å². The predicted molar refractivity (Wildman–Crippen MR) is 132 cm³/mol. The van der Waals surface area contributed by atoms with Crippen molar-refractivity contribution in [2.24, 2.45) is 0 Å². The first kappa shape index (κ1) is 23.1. The van der Waals surface area contributed by atoms with Crippen LogP contribution in [0.3, 0.4) is 0 Å². The summed E-state index contributed by atoms with van der Waals surface area (Å²) in [5, 5.41) is 21.6. The van der Waals surface area contributed by atoms with E-state index >= 15 is 0 Å². The van der Waals surface area contributed by atoms with Gasteiger partial charge in [-0.3, -0.25) is 9.36 Å². The smallest absolute Gasteiger partial charge is 0.234 e. The minimum absolute atomic E-state index is 0.0982. The molecule has 0 atom stereocenters. The highest BCUT2D eigenvalue weighted by molar-refractivity contribution is 7.99. The maximum atomic E-state index is 12.5. The van der Waals surface area contributed by atoms with Crippen molar-refractivity contribution in [1.29, 1.82) is 5.26 Å². The van der Waals surface area contributed by atoms with Crippen molar-refractivity contribution in [3.63, 3.8) is 0 Å². The van der Waals surface area contributed by atoms with Gasteiger partial charge < -0.3 is 5.32 Å². The van der Waals surface area contributed by atoms with Gasteiger partial charge in [0.2, 0.25) is 5.91 Å². The molecule has 7 heteroatoms. The van der Waals surface area contributed by atoms with Gasteiger partial charge in [0, 0.05) is 17.3 Å². The van der Waals surface area contributed by atoms with Crippen LogP contribution in [-0.4, -0.2) is 26.4 Å². The maximum absolute atomic E-state index is 12.5. The number of aromatic nitrogens is 3. The summed E-state index contributed by atoms with van der Waals surface area (Å²) in [5.41, 5.74) is 3.68. The van der Waals surface area contributed by atoms with E-state index in [-0.39, 0.29) is 17.1 Å². The van der Waals surface area contributed by atoms with Crippen LogP contribution in [0.25, 0.3) is 11.4 Å². The minimum Gasteiger partial charge on any atom is -0.325 e. The molecule has 1 fully saturated rings. The Bertz CT molecular complexity index is 1150. The first-order valence-electron chi connectivity index (χ1n) is 11.3. The van der Waals surface area contributed by atoms with E-state index in [9.17, 15) is 4.79 Å². The predicted octanol–water partition coefficient (Wildman–Crippen LogP) is 5.96. The highest BCUT2D eigenvalue weighted by atomic mass is 32.2. The third-order valence-electron chi connectivity index (χ3n) is 5.99. The van der Waals surface area contributed by atoms with Gasteiger partial charge in [-0.2, -0.15) is 5.26 Å². The summed E-state index contributed by atoms with van der Waals surface area (Å²) in [6.07, 6.45) is 4.62. The second-order valence-corrected chi connectivity index (χ2v) is 10.4. The van der Waals surface area contributed by atoms with Gasteiger partial charge in [0.15, 0.2) is 11.0 Å². The number of rotatable bonds is 6. The van der Waals surface area contributed by atoms with Crippen molar-refractivity contribution in [2.45, 2.75) is 63.1 Å². The molecule has 1 heterocycles. The summed E-state index contributed by atoms with van der Waals surface area (Å²) < 4.78 is 2.23. The minimum atomic E-state index is -0.109. The monoisotopic (exact) mass is 459 g/mol. The molecule has 0 spiro atoms. The Labute approximate surface area is 199 Å². The largest absolute Gasteiger partial charge is 0.325 e. The van der Waals surface area contributed by atoms with Gasteiger partial charge in [-0.1, -0.05) is 69.6 Å². The molecule has 2 aromatic carbocycles. The Kier molecular flexibility index (Phi) is 6.85. The Balaban J connectivity index is 1.51. The number of thioether (sulfide) groups is 1. The van der Waals surface area contributed by atoms with Crippen LogP contribution >= 0.6 is 11.8 Å². The zero-order chi connectivity index (χ0) is 23.4. The van der Waals surface area contributed by atoms with Gasteiger partial charge in [0.25, 0.3) is 0 Å². The van der Waals surface area contributed by atoms with E-state index in [1.165, 1.54) is 30.2 Å². The molecule has 1 saturated carbocycles. The SMILES string of the molecule is CC(C)(C)c1ccc(-c2nnc(SCC(=O)Nc3ccc(C#N)cc3)n2C2CCCC2)cc1. The number of amides is 1. The molecular formula is C26H29N5OS. The van der Waals surface area contributed by atoms with E-state index in [1.807, 2.05) is 0 Å². The average molecular weight is 460 g/mol.